The number of carboxylic acids is 2. The number of unbranched alkanes of at least 4 members (excludes halogenated alkanes) is 2. The van der Waals surface area contributed by atoms with Crippen LogP contribution in [0.3, 0.4) is 0 Å². The number of carbonyl (C=O) groups is 4. The molecule has 17 heteroatoms. The van der Waals surface area contributed by atoms with Gasteiger partial charge in [0.25, 0.3) is 5.82 Å². The van der Waals surface area contributed by atoms with Crippen LogP contribution in [0, 0.1) is 0 Å². The third kappa shape index (κ3) is 12.7. The van der Waals surface area contributed by atoms with Crippen molar-refractivity contribution >= 4 is 23.6 Å². The molecule has 2 aromatic carbocycles. The van der Waals surface area contributed by atoms with E-state index in [4.69, 9.17) is 24.5 Å². The first-order valence-corrected chi connectivity index (χ1v) is 16.5. The molecule has 3 heterocycles. The number of nitrogens with one attached hydrogen (secondary N) is 3. The van der Waals surface area contributed by atoms with Crippen molar-refractivity contribution in [1.82, 2.24) is 10.3 Å². The molecule has 52 heavy (non-hydrogen) atoms. The Balaban J connectivity index is 0.000000441. The van der Waals surface area contributed by atoms with Crippen molar-refractivity contribution in [3.63, 3.8) is 0 Å². The first kappa shape index (κ1) is 41.5. The fourth-order valence-corrected chi connectivity index (χ4v) is 5.95. The summed E-state index contributed by atoms with van der Waals surface area (Å²) in [4.78, 5) is 49.8. The molecule has 0 saturated carbocycles. The SMILES string of the molecule is CC(=O)CCCCC[C@H](NC(=O)C1CC2(CC[NH2+]CC2)Oc2ccccc21)c1[nH]c(-c2ccccc2)c[nH+]1.O=C([O-])C(F)(F)F.O=C([O-])C(F)(F)F. The van der Waals surface area contributed by atoms with Crippen molar-refractivity contribution < 1.29 is 70.8 Å². The number of ketones is 1. The number of halogens is 6. The van der Waals surface area contributed by atoms with Gasteiger partial charge in [-0.05, 0) is 25.8 Å². The lowest BCUT2D eigenvalue weighted by Gasteiger charge is -2.43. The van der Waals surface area contributed by atoms with E-state index in [2.05, 4.69) is 32.7 Å². The number of benzene rings is 2. The van der Waals surface area contributed by atoms with E-state index in [-0.39, 0.29) is 29.3 Å². The molecule has 11 nitrogen and oxygen atoms in total. The van der Waals surface area contributed by atoms with Crippen LogP contribution in [0.15, 0.2) is 60.8 Å². The normalized spacial score (nSPS) is 16.8. The summed E-state index contributed by atoms with van der Waals surface area (Å²) in [6, 6.07) is 18.0. The fourth-order valence-electron chi connectivity index (χ4n) is 5.95. The molecule has 5 rings (SSSR count). The highest BCUT2D eigenvalue weighted by Crippen LogP contribution is 2.44. The number of Topliss-reactive ketones (excluding diaryl/α,β-unsaturated/α-hetero) is 1. The van der Waals surface area contributed by atoms with E-state index in [1.807, 2.05) is 48.7 Å². The topological polar surface area (TPSA) is 182 Å². The number of hydrogen-bond acceptors (Lipinski definition) is 7. The first-order valence-electron chi connectivity index (χ1n) is 16.5. The van der Waals surface area contributed by atoms with Gasteiger partial charge in [-0.15, -0.1) is 0 Å². The number of carbonyl (C=O) groups excluding carboxylic acids is 4. The second kappa shape index (κ2) is 18.5. The van der Waals surface area contributed by atoms with Crippen LogP contribution in [0.4, 0.5) is 26.3 Å². The Hall–Kier alpha value is -4.93. The monoisotopic (exact) mass is 742 g/mol. The molecule has 1 unspecified atom stereocenters. The van der Waals surface area contributed by atoms with Crippen LogP contribution in [0.1, 0.15) is 81.6 Å². The minimum atomic E-state index is -5.19. The number of quaternary nitrogens is 1. The van der Waals surface area contributed by atoms with Crippen LogP contribution in [0.5, 0.6) is 5.75 Å². The third-order valence-electron chi connectivity index (χ3n) is 8.50. The predicted octanol–water partition coefficient (Wildman–Crippen LogP) is 2.45. The molecule has 284 valence electrons. The Kier molecular flexibility index (Phi) is 14.8. The summed E-state index contributed by atoms with van der Waals surface area (Å²) in [5.41, 5.74) is 2.79. The largest absolute Gasteiger partial charge is 0.542 e. The molecular formula is C35H40F6N4O7. The molecule has 2 aliphatic rings. The predicted molar refractivity (Wildman–Crippen MR) is 168 cm³/mol. The number of alkyl halides is 6. The van der Waals surface area contributed by atoms with Crippen molar-refractivity contribution in [3.8, 4) is 17.0 Å². The minimum Gasteiger partial charge on any atom is -0.542 e. The van der Waals surface area contributed by atoms with Crippen LogP contribution in [0.2, 0.25) is 0 Å². The van der Waals surface area contributed by atoms with Crippen LogP contribution in [-0.4, -0.2) is 59.7 Å². The van der Waals surface area contributed by atoms with Crippen molar-refractivity contribution in [2.75, 3.05) is 13.1 Å². The van der Waals surface area contributed by atoms with E-state index >= 15 is 0 Å². The molecule has 1 saturated heterocycles. The van der Waals surface area contributed by atoms with E-state index in [9.17, 15) is 35.9 Å². The van der Waals surface area contributed by atoms with E-state index in [0.717, 1.165) is 80.0 Å². The summed E-state index contributed by atoms with van der Waals surface area (Å²) >= 11 is 0. The number of hydrogen-bond donors (Lipinski definition) is 3. The van der Waals surface area contributed by atoms with Gasteiger partial charge in [0.2, 0.25) is 5.91 Å². The highest BCUT2D eigenvalue weighted by atomic mass is 19.4. The van der Waals surface area contributed by atoms with Gasteiger partial charge in [-0.2, -0.15) is 26.3 Å². The summed E-state index contributed by atoms with van der Waals surface area (Å²) in [5.74, 6) is -4.24. The second-order valence-corrected chi connectivity index (χ2v) is 12.5. The lowest BCUT2D eigenvalue weighted by molar-refractivity contribution is -0.667. The van der Waals surface area contributed by atoms with Gasteiger partial charge in [0, 0.05) is 36.8 Å². The van der Waals surface area contributed by atoms with E-state index in [0.29, 0.717) is 12.8 Å². The zero-order valence-corrected chi connectivity index (χ0v) is 28.2. The number of aliphatic carboxylic acids is 2. The molecular weight excluding hydrogens is 702 g/mol. The average molecular weight is 743 g/mol. The maximum absolute atomic E-state index is 14.0. The molecule has 1 aromatic heterocycles. The second-order valence-electron chi connectivity index (χ2n) is 12.5. The number of aromatic amines is 2. The molecule has 1 amide bonds. The van der Waals surface area contributed by atoms with E-state index in [1.54, 1.807) is 6.92 Å². The summed E-state index contributed by atoms with van der Waals surface area (Å²) in [6.45, 7) is 3.70. The number of aromatic nitrogens is 2. The number of carboxylic acid groups (broad SMARTS) is 2. The van der Waals surface area contributed by atoms with Gasteiger partial charge >= 0.3 is 12.4 Å². The first-order chi connectivity index (χ1) is 24.4. The van der Waals surface area contributed by atoms with Crippen LogP contribution in [0.25, 0.3) is 11.3 Å². The Morgan fingerprint density at radius 2 is 1.50 bits per heavy atom. The smallest absolute Gasteiger partial charge is 0.430 e. The lowest BCUT2D eigenvalue weighted by Crippen LogP contribution is -2.88. The Morgan fingerprint density at radius 1 is 0.923 bits per heavy atom. The van der Waals surface area contributed by atoms with Gasteiger partial charge in [-0.1, -0.05) is 61.4 Å². The number of para-hydroxylation sites is 1. The number of fused-ring (bicyclic) bond motifs is 1. The third-order valence-corrected chi connectivity index (χ3v) is 8.50. The zero-order valence-electron chi connectivity index (χ0n) is 28.2. The Morgan fingerprint density at radius 3 is 2.08 bits per heavy atom. The molecule has 2 aliphatic heterocycles. The van der Waals surface area contributed by atoms with Crippen molar-refractivity contribution in [1.29, 1.82) is 0 Å². The molecule has 1 spiro atoms. The minimum absolute atomic E-state index is 0.0488. The Labute approximate surface area is 295 Å². The van der Waals surface area contributed by atoms with Crippen molar-refractivity contribution in [3.05, 3.63) is 72.2 Å². The summed E-state index contributed by atoms with van der Waals surface area (Å²) in [7, 11) is 0. The van der Waals surface area contributed by atoms with E-state index in [1.165, 1.54) is 0 Å². The molecule has 0 radical (unpaired) electrons. The number of amides is 1. The van der Waals surface area contributed by atoms with Gasteiger partial charge in [-0.25, -0.2) is 9.97 Å². The molecule has 1 fully saturated rings. The number of rotatable bonds is 10. The van der Waals surface area contributed by atoms with Gasteiger partial charge < -0.3 is 40.0 Å². The van der Waals surface area contributed by atoms with Crippen LogP contribution >= 0.6 is 0 Å². The number of piperidine rings is 1. The summed E-state index contributed by atoms with van der Waals surface area (Å²) in [6.07, 6.45) is -1.64. The zero-order chi connectivity index (χ0) is 38.5. The summed E-state index contributed by atoms with van der Waals surface area (Å²) < 4.78 is 69.7. The number of nitrogens with two attached hydrogens (primary N) is 1. The number of imidazole rings is 1. The Bertz CT molecular complexity index is 1620. The molecule has 5 N–H and O–H groups in total. The quantitative estimate of drug-likeness (QED) is 0.211. The van der Waals surface area contributed by atoms with Gasteiger partial charge in [0.05, 0.1) is 19.0 Å². The van der Waals surface area contributed by atoms with Gasteiger partial charge in [-0.3, -0.25) is 4.79 Å². The molecule has 0 bridgehead atoms. The maximum Gasteiger partial charge on any atom is 0.430 e. The van der Waals surface area contributed by atoms with E-state index < -0.39 is 24.3 Å². The number of H-pyrrole nitrogens is 2. The lowest BCUT2D eigenvalue weighted by atomic mass is 9.77. The van der Waals surface area contributed by atoms with Gasteiger partial charge in [0.1, 0.15) is 41.3 Å². The van der Waals surface area contributed by atoms with Gasteiger partial charge in [0.15, 0.2) is 5.69 Å². The molecule has 3 aromatic rings. The van der Waals surface area contributed by atoms with Crippen LogP contribution in [-0.2, 0) is 19.2 Å². The van der Waals surface area contributed by atoms with Crippen molar-refractivity contribution in [2.45, 2.75) is 88.2 Å². The molecule has 2 atom stereocenters. The highest BCUT2D eigenvalue weighted by molar-refractivity contribution is 5.85. The highest BCUT2D eigenvalue weighted by Gasteiger charge is 2.45. The van der Waals surface area contributed by atoms with Crippen molar-refractivity contribution in [2.24, 2.45) is 0 Å². The summed E-state index contributed by atoms with van der Waals surface area (Å²) in [5, 5.41) is 23.3. The maximum atomic E-state index is 14.0. The van der Waals surface area contributed by atoms with Crippen LogP contribution < -0.4 is 30.6 Å². The standard InChI is InChI=1S/C31H38N4O3.2C2HF3O2/c1-22(36)10-4-2-7-14-26(29-33-21-27(34-29)23-11-5-3-6-12-23)35-30(37)25-20-31(16-18-32-19-17-31)38-28-15-9-8-13-24(25)28;2*3-2(4,5)1(6)7/h3,5-6,8-9,11-13,15,21,25-26,32H,2,4,7,10,14,16-20H2,1H3,(H,33,34)(H,35,37);2*(H,6,7)/t25?,26-;;/m0../s1. The fraction of sp³-hybridized carbons (Fsp3) is 0.457. The molecule has 0 aliphatic carbocycles. The average Bonchev–Trinajstić information content (AvgIpc) is 3.58. The number of ether oxygens (including phenoxy) is 1.